The van der Waals surface area contributed by atoms with Crippen LogP contribution < -0.4 is 9.47 Å². The summed E-state index contributed by atoms with van der Waals surface area (Å²) in [4.78, 5) is 7.50. The van der Waals surface area contributed by atoms with Crippen molar-refractivity contribution in [3.63, 3.8) is 0 Å². The van der Waals surface area contributed by atoms with E-state index in [9.17, 15) is 0 Å². The molecule has 6 heteroatoms. The van der Waals surface area contributed by atoms with Crippen molar-refractivity contribution in [3.8, 4) is 22.9 Å². The molecule has 2 aromatic carbocycles. The third kappa shape index (κ3) is 4.44. The smallest absolute Gasteiger partial charge is 0.231 e. The molecular weight excluding hydrogens is 446 g/mol. The molecule has 5 rings (SSSR count). The molecule has 1 atom stereocenters. The van der Waals surface area contributed by atoms with E-state index >= 15 is 0 Å². The summed E-state index contributed by atoms with van der Waals surface area (Å²) in [5.41, 5.74) is 6.09. The second-order valence-corrected chi connectivity index (χ2v) is 9.90. The second-order valence-electron chi connectivity index (χ2n) is 9.54. The zero-order valence-corrected chi connectivity index (χ0v) is 21.2. The lowest BCUT2D eigenvalue weighted by molar-refractivity contribution is 0.136. The second kappa shape index (κ2) is 10.0. The molecule has 1 unspecified atom stereocenters. The lowest BCUT2D eigenvalue weighted by Crippen LogP contribution is -2.33. The number of rotatable bonds is 7. The summed E-state index contributed by atoms with van der Waals surface area (Å²) in [6, 6.07) is 13.2. The Morgan fingerprint density at radius 1 is 1.06 bits per heavy atom. The first-order chi connectivity index (χ1) is 16.6. The van der Waals surface area contributed by atoms with E-state index in [0.29, 0.717) is 18.0 Å². The maximum Gasteiger partial charge on any atom is 0.231 e. The Balaban J connectivity index is 1.51. The molecule has 180 valence electrons. The number of aromatic nitrogens is 2. The van der Waals surface area contributed by atoms with Crippen LogP contribution in [0.5, 0.6) is 11.5 Å². The highest BCUT2D eigenvalue weighted by atomic mass is 35.5. The third-order valence-electron chi connectivity index (χ3n) is 7.21. The van der Waals surface area contributed by atoms with Crippen molar-refractivity contribution in [1.82, 2.24) is 14.5 Å². The molecule has 1 fully saturated rings. The van der Waals surface area contributed by atoms with Crippen LogP contribution in [0.3, 0.4) is 0 Å². The van der Waals surface area contributed by atoms with Crippen molar-refractivity contribution in [3.05, 3.63) is 63.9 Å². The van der Waals surface area contributed by atoms with E-state index in [1.165, 1.54) is 35.1 Å². The molecular formula is C28H34ClN3O2. The molecule has 3 heterocycles. The van der Waals surface area contributed by atoms with Crippen molar-refractivity contribution in [2.45, 2.75) is 72.0 Å². The summed E-state index contributed by atoms with van der Waals surface area (Å²) in [6.45, 7) is 9.63. The molecule has 5 nitrogen and oxygen atoms in total. The summed E-state index contributed by atoms with van der Waals surface area (Å²) in [6.07, 6.45) is 5.79. The largest absolute Gasteiger partial charge is 0.454 e. The maximum atomic E-state index is 6.88. The SMILES string of the molecule is CCCCn1c(-c2c(C)cccc2C)nc(Cl)c1CN1CCCCC1c1ccc2c(c1)OCO2. The van der Waals surface area contributed by atoms with Crippen molar-refractivity contribution < 1.29 is 9.47 Å². The molecule has 0 spiro atoms. The van der Waals surface area contributed by atoms with Gasteiger partial charge in [0.05, 0.1) is 5.69 Å². The highest BCUT2D eigenvalue weighted by Crippen LogP contribution is 2.40. The molecule has 2 aliphatic rings. The van der Waals surface area contributed by atoms with Crippen molar-refractivity contribution in [1.29, 1.82) is 0 Å². The number of hydrogen-bond donors (Lipinski definition) is 0. The average Bonchev–Trinajstić information content (AvgIpc) is 3.42. The van der Waals surface area contributed by atoms with Gasteiger partial charge in [0, 0.05) is 24.7 Å². The van der Waals surface area contributed by atoms with Crippen LogP contribution in [-0.4, -0.2) is 27.8 Å². The number of fused-ring (bicyclic) bond motifs is 1. The summed E-state index contributed by atoms with van der Waals surface area (Å²) in [7, 11) is 0. The molecule has 0 amide bonds. The van der Waals surface area contributed by atoms with Gasteiger partial charge < -0.3 is 14.0 Å². The minimum absolute atomic E-state index is 0.306. The number of likely N-dealkylation sites (tertiary alicyclic amines) is 1. The van der Waals surface area contributed by atoms with E-state index in [-0.39, 0.29) is 0 Å². The van der Waals surface area contributed by atoms with Crippen LogP contribution in [0.4, 0.5) is 0 Å². The maximum absolute atomic E-state index is 6.88. The van der Waals surface area contributed by atoms with Crippen LogP contribution in [0, 0.1) is 13.8 Å². The van der Waals surface area contributed by atoms with Crippen LogP contribution >= 0.6 is 11.6 Å². The van der Waals surface area contributed by atoms with Gasteiger partial charge >= 0.3 is 0 Å². The molecule has 0 bridgehead atoms. The highest BCUT2D eigenvalue weighted by Gasteiger charge is 2.29. The van der Waals surface area contributed by atoms with Gasteiger partial charge in [-0.2, -0.15) is 0 Å². The first-order valence-corrected chi connectivity index (χ1v) is 12.9. The van der Waals surface area contributed by atoms with Gasteiger partial charge in [-0.15, -0.1) is 0 Å². The lowest BCUT2D eigenvalue weighted by atomic mass is 9.94. The molecule has 0 N–H and O–H groups in total. The quantitative estimate of drug-likeness (QED) is 0.363. The fourth-order valence-corrected chi connectivity index (χ4v) is 5.64. The number of hydrogen-bond acceptors (Lipinski definition) is 4. The highest BCUT2D eigenvalue weighted by molar-refractivity contribution is 6.30. The van der Waals surface area contributed by atoms with Crippen LogP contribution in [-0.2, 0) is 13.1 Å². The Morgan fingerprint density at radius 2 is 1.85 bits per heavy atom. The number of ether oxygens (including phenoxy) is 2. The van der Waals surface area contributed by atoms with E-state index in [2.05, 4.69) is 60.6 Å². The lowest BCUT2D eigenvalue weighted by Gasteiger charge is -2.36. The Morgan fingerprint density at radius 3 is 2.65 bits per heavy atom. The van der Waals surface area contributed by atoms with Crippen LogP contribution in [0.2, 0.25) is 5.15 Å². The third-order valence-corrected chi connectivity index (χ3v) is 7.51. The molecule has 1 saturated heterocycles. The van der Waals surface area contributed by atoms with Crippen LogP contribution in [0.15, 0.2) is 36.4 Å². The van der Waals surface area contributed by atoms with Gasteiger partial charge in [0.2, 0.25) is 6.79 Å². The van der Waals surface area contributed by atoms with E-state index in [1.54, 1.807) is 0 Å². The number of nitrogens with zero attached hydrogens (tertiary/aromatic N) is 3. The van der Waals surface area contributed by atoms with Gasteiger partial charge in [-0.05, 0) is 68.5 Å². The topological polar surface area (TPSA) is 39.5 Å². The van der Waals surface area contributed by atoms with Gasteiger partial charge in [0.15, 0.2) is 16.7 Å². The number of piperidine rings is 1. The zero-order valence-electron chi connectivity index (χ0n) is 20.4. The van der Waals surface area contributed by atoms with Crippen LogP contribution in [0.25, 0.3) is 11.4 Å². The number of imidazole rings is 1. The molecule has 1 aromatic heterocycles. The van der Waals surface area contributed by atoms with Gasteiger partial charge in [-0.25, -0.2) is 4.98 Å². The Labute approximate surface area is 207 Å². The standard InChI is InChI=1S/C28H34ClN3O2/c1-4-5-15-32-23(27(29)30-28(32)26-19(2)9-8-10-20(26)3)17-31-14-7-6-11-22(31)21-12-13-24-25(16-21)34-18-33-24/h8-10,12-13,16,22H,4-7,11,14-15,17-18H2,1-3H3. The Hall–Kier alpha value is -2.50. The predicted molar refractivity (Wildman–Crippen MR) is 137 cm³/mol. The predicted octanol–water partition coefficient (Wildman–Crippen LogP) is 7.08. The van der Waals surface area contributed by atoms with E-state index in [0.717, 1.165) is 61.9 Å². The molecule has 2 aliphatic heterocycles. The fraction of sp³-hybridized carbons (Fsp3) is 0.464. The number of unbranched alkanes of at least 4 members (excludes halogenated alkanes) is 1. The Kier molecular flexibility index (Phi) is 6.84. The number of aryl methyl sites for hydroxylation is 2. The minimum Gasteiger partial charge on any atom is -0.454 e. The van der Waals surface area contributed by atoms with Crippen molar-refractivity contribution in [2.75, 3.05) is 13.3 Å². The van der Waals surface area contributed by atoms with Gasteiger partial charge in [0.25, 0.3) is 0 Å². The summed E-state index contributed by atoms with van der Waals surface area (Å²) < 4.78 is 13.6. The van der Waals surface area contributed by atoms with Crippen molar-refractivity contribution in [2.24, 2.45) is 0 Å². The summed E-state index contributed by atoms with van der Waals surface area (Å²) in [5.74, 6) is 2.69. The van der Waals surface area contributed by atoms with Crippen LogP contribution in [0.1, 0.15) is 67.5 Å². The van der Waals surface area contributed by atoms with E-state index < -0.39 is 0 Å². The molecule has 0 aliphatic carbocycles. The first kappa shape index (κ1) is 23.3. The first-order valence-electron chi connectivity index (χ1n) is 12.5. The summed E-state index contributed by atoms with van der Waals surface area (Å²) >= 11 is 6.88. The van der Waals surface area contributed by atoms with Crippen molar-refractivity contribution >= 4 is 11.6 Å². The molecule has 34 heavy (non-hydrogen) atoms. The fourth-order valence-electron chi connectivity index (χ4n) is 5.39. The minimum atomic E-state index is 0.306. The monoisotopic (exact) mass is 479 g/mol. The average molecular weight is 480 g/mol. The molecule has 0 saturated carbocycles. The molecule has 0 radical (unpaired) electrons. The van der Waals surface area contributed by atoms with Gasteiger partial charge in [-0.3, -0.25) is 4.90 Å². The zero-order chi connectivity index (χ0) is 23.7. The number of halogens is 1. The number of benzene rings is 2. The van der Waals surface area contributed by atoms with Gasteiger partial charge in [0.1, 0.15) is 5.82 Å². The van der Waals surface area contributed by atoms with Gasteiger partial charge in [-0.1, -0.05) is 55.6 Å². The van der Waals surface area contributed by atoms with E-state index in [1.807, 2.05) is 6.07 Å². The van der Waals surface area contributed by atoms with E-state index in [4.69, 9.17) is 26.1 Å². The Bertz CT molecular complexity index is 1150. The summed E-state index contributed by atoms with van der Waals surface area (Å²) in [5, 5.41) is 0.628. The normalized spacial score (nSPS) is 17.9. The molecule has 3 aromatic rings.